The molecule has 12 heteroatoms. The maximum absolute atomic E-state index is 4.37. The van der Waals surface area contributed by atoms with Crippen LogP contribution in [-0.2, 0) is 0 Å². The highest BCUT2D eigenvalue weighted by Gasteiger charge is 2.30. The van der Waals surface area contributed by atoms with Gasteiger partial charge in [0.25, 0.3) is 0 Å². The molecule has 0 unspecified atom stereocenters. The average Bonchev–Trinajstić information content (AvgIpc) is 3.73. The normalized spacial score (nSPS) is 14.2. The fraction of sp³-hybridized carbons (Fsp3) is 0. The molecule has 12 nitrogen and oxygen atoms in total. The van der Waals surface area contributed by atoms with Gasteiger partial charge in [-0.05, 0) is 0 Å². The second-order valence-corrected chi connectivity index (χ2v) is 8.06. The topological polar surface area (TPSA) is 118 Å². The largest absolute Gasteiger partial charge is 0.344 e. The SMILES string of the molecule is C1=C(c2cnc[nH]2)C(n2ccnc2)=C(n2ccnc2)C(n2ccnc2)=C(n2ccnc2)C=1n1ccnc1. The third kappa shape index (κ3) is 3.40. The molecule has 0 saturated carbocycles. The third-order valence-electron chi connectivity index (χ3n) is 5.96. The smallest absolute Gasteiger partial charge is 0.117 e. The Kier molecular flexibility index (Phi) is 4.73. The fourth-order valence-electron chi connectivity index (χ4n) is 4.41. The molecule has 0 atom stereocenters. The molecule has 0 bridgehead atoms. The Morgan fingerprint density at radius 2 is 0.973 bits per heavy atom. The molecule has 6 aromatic rings. The van der Waals surface area contributed by atoms with Crippen LogP contribution < -0.4 is 0 Å². The summed E-state index contributed by atoms with van der Waals surface area (Å²) in [5, 5.41) is 0. The summed E-state index contributed by atoms with van der Waals surface area (Å²) >= 11 is 0. The van der Waals surface area contributed by atoms with Crippen LogP contribution in [0.2, 0.25) is 0 Å². The molecular weight excluding hydrogens is 468 g/mol. The van der Waals surface area contributed by atoms with Gasteiger partial charge in [-0.3, -0.25) is 4.57 Å². The van der Waals surface area contributed by atoms with Gasteiger partial charge in [-0.1, -0.05) is 5.73 Å². The molecule has 0 saturated heterocycles. The van der Waals surface area contributed by atoms with Crippen molar-refractivity contribution in [3.63, 3.8) is 0 Å². The monoisotopic (exact) mass is 486 g/mol. The van der Waals surface area contributed by atoms with Crippen LogP contribution in [-0.4, -0.2) is 57.7 Å². The van der Waals surface area contributed by atoms with E-state index < -0.39 is 0 Å². The summed E-state index contributed by atoms with van der Waals surface area (Å²) in [7, 11) is 0. The average molecular weight is 487 g/mol. The lowest BCUT2D eigenvalue weighted by molar-refractivity contribution is 0.992. The van der Waals surface area contributed by atoms with Gasteiger partial charge in [0.1, 0.15) is 11.4 Å². The van der Waals surface area contributed by atoms with Crippen molar-refractivity contribution < 1.29 is 0 Å². The zero-order valence-electron chi connectivity index (χ0n) is 19.2. The van der Waals surface area contributed by atoms with Crippen LogP contribution in [0.4, 0.5) is 0 Å². The minimum atomic E-state index is 0.733. The zero-order chi connectivity index (χ0) is 24.6. The number of nitrogens with one attached hydrogen (secondary N) is 1. The molecule has 1 N–H and O–H groups in total. The quantitative estimate of drug-likeness (QED) is 0.362. The highest BCUT2D eigenvalue weighted by atomic mass is 15.2. The number of rotatable bonds is 6. The maximum Gasteiger partial charge on any atom is 0.117 e. The Hall–Kier alpha value is -5.74. The fourth-order valence-corrected chi connectivity index (χ4v) is 4.41. The first kappa shape index (κ1) is 20.6. The predicted octanol–water partition coefficient (Wildman–Crippen LogP) is 2.98. The van der Waals surface area contributed by atoms with Gasteiger partial charge in [0.05, 0.1) is 72.5 Å². The van der Waals surface area contributed by atoms with Crippen LogP contribution in [0.1, 0.15) is 5.69 Å². The first-order valence-corrected chi connectivity index (χ1v) is 11.3. The number of aromatic amines is 1. The maximum atomic E-state index is 4.37. The number of H-pyrrole nitrogens is 1. The van der Waals surface area contributed by atoms with Gasteiger partial charge in [-0.15, -0.1) is 0 Å². The van der Waals surface area contributed by atoms with Crippen molar-refractivity contribution in [2.75, 3.05) is 0 Å². The molecule has 0 aliphatic heterocycles. The number of allylic oxidation sites excluding steroid dienone is 5. The van der Waals surface area contributed by atoms with Crippen molar-refractivity contribution in [2.24, 2.45) is 0 Å². The lowest BCUT2D eigenvalue weighted by Crippen LogP contribution is -2.13. The molecule has 6 heterocycles. The van der Waals surface area contributed by atoms with Crippen molar-refractivity contribution in [1.82, 2.24) is 57.7 Å². The van der Waals surface area contributed by atoms with Gasteiger partial charge in [0.15, 0.2) is 0 Å². The van der Waals surface area contributed by atoms with E-state index in [4.69, 9.17) is 0 Å². The Bertz CT molecular complexity index is 1620. The van der Waals surface area contributed by atoms with E-state index >= 15 is 0 Å². The van der Waals surface area contributed by atoms with E-state index in [1.165, 1.54) is 0 Å². The van der Waals surface area contributed by atoms with Crippen LogP contribution in [0.25, 0.3) is 34.1 Å². The van der Waals surface area contributed by atoms with E-state index in [1.807, 2.05) is 53.8 Å². The summed E-state index contributed by atoms with van der Waals surface area (Å²) in [5.74, 6) is 0. The van der Waals surface area contributed by atoms with Crippen molar-refractivity contribution >= 4 is 34.1 Å². The van der Waals surface area contributed by atoms with E-state index in [-0.39, 0.29) is 0 Å². The third-order valence-corrected chi connectivity index (χ3v) is 5.96. The number of hydrogen-bond donors (Lipinski definition) is 1. The number of nitrogens with zero attached hydrogens (tertiary/aromatic N) is 11. The van der Waals surface area contributed by atoms with Crippen LogP contribution in [0.15, 0.2) is 112 Å². The number of aromatic nitrogens is 12. The molecule has 0 radical (unpaired) electrons. The van der Waals surface area contributed by atoms with E-state index in [2.05, 4.69) is 40.6 Å². The van der Waals surface area contributed by atoms with Gasteiger partial charge in [-0.25, -0.2) is 29.9 Å². The Morgan fingerprint density at radius 3 is 1.43 bits per heavy atom. The van der Waals surface area contributed by atoms with Crippen molar-refractivity contribution in [1.29, 1.82) is 0 Å². The summed E-state index contributed by atoms with van der Waals surface area (Å²) in [6, 6.07) is 0. The van der Waals surface area contributed by atoms with Crippen molar-refractivity contribution in [2.45, 2.75) is 0 Å². The first-order valence-electron chi connectivity index (χ1n) is 11.3. The lowest BCUT2D eigenvalue weighted by Gasteiger charge is -2.23. The van der Waals surface area contributed by atoms with Gasteiger partial charge in [0, 0.05) is 62.0 Å². The van der Waals surface area contributed by atoms with Crippen LogP contribution in [0, 0.1) is 0 Å². The highest BCUT2D eigenvalue weighted by molar-refractivity contribution is 6.23. The highest BCUT2D eigenvalue weighted by Crippen LogP contribution is 2.43. The van der Waals surface area contributed by atoms with Crippen LogP contribution >= 0.6 is 0 Å². The Balaban J connectivity index is 1.74. The first-order chi connectivity index (χ1) is 18.4. The summed E-state index contributed by atoms with van der Waals surface area (Å²) in [5.41, 5.74) is 9.17. The summed E-state index contributed by atoms with van der Waals surface area (Å²) in [6.45, 7) is 0. The molecular formula is C25H18N12. The van der Waals surface area contributed by atoms with Gasteiger partial charge < -0.3 is 23.3 Å². The summed E-state index contributed by atoms with van der Waals surface area (Å²) in [4.78, 5) is 29.3. The second kappa shape index (κ2) is 8.48. The van der Waals surface area contributed by atoms with Gasteiger partial charge >= 0.3 is 0 Å². The van der Waals surface area contributed by atoms with Gasteiger partial charge in [-0.2, -0.15) is 0 Å². The minimum Gasteiger partial charge on any atom is -0.344 e. The molecule has 1 aliphatic rings. The van der Waals surface area contributed by atoms with Crippen LogP contribution in [0.5, 0.6) is 0 Å². The van der Waals surface area contributed by atoms with E-state index in [0.29, 0.717) is 0 Å². The molecule has 1 aliphatic carbocycles. The minimum absolute atomic E-state index is 0.733. The predicted molar refractivity (Wildman–Crippen MR) is 135 cm³/mol. The molecule has 0 fully saturated rings. The molecule has 0 spiro atoms. The zero-order valence-corrected chi connectivity index (χ0v) is 19.2. The molecule has 178 valence electrons. The van der Waals surface area contributed by atoms with E-state index in [9.17, 15) is 0 Å². The Morgan fingerprint density at radius 1 is 0.514 bits per heavy atom. The second-order valence-electron chi connectivity index (χ2n) is 8.06. The Labute approximate surface area is 209 Å². The lowest BCUT2D eigenvalue weighted by atomic mass is 10.1. The van der Waals surface area contributed by atoms with Crippen molar-refractivity contribution in [3.8, 4) is 0 Å². The van der Waals surface area contributed by atoms with Crippen molar-refractivity contribution in [3.05, 3.63) is 118 Å². The molecule has 7 rings (SSSR count). The number of hydrogen-bond acceptors (Lipinski definition) is 6. The molecule has 37 heavy (non-hydrogen) atoms. The molecule has 6 aromatic heterocycles. The summed E-state index contributed by atoms with van der Waals surface area (Å²) in [6.07, 6.45) is 30.4. The molecule has 0 amide bonds. The molecule has 0 aromatic carbocycles. The summed E-state index contributed by atoms with van der Waals surface area (Å²) < 4.78 is 9.77. The van der Waals surface area contributed by atoms with E-state index in [1.54, 1.807) is 75.1 Å². The standard InChI is InChI=1S/C25H18N12/c1-6-33(14-26-1)21-11-19(20-12-31-13-32-20)22(34-7-2-27-15-34)24(36-9-4-29-17-36)25(37-10-5-30-18-37)23(21)35-8-3-28-16-35/h1-10,12-18H,(H,31,32). The number of imidazole rings is 6. The van der Waals surface area contributed by atoms with Crippen LogP contribution in [0.3, 0.4) is 0 Å². The van der Waals surface area contributed by atoms with Gasteiger partial charge in [0.2, 0.25) is 0 Å². The van der Waals surface area contributed by atoms with E-state index in [0.717, 1.165) is 39.8 Å².